The fourth-order valence-electron chi connectivity index (χ4n) is 2.63. The van der Waals surface area contributed by atoms with Crippen LogP contribution in [0.15, 0.2) is 4.99 Å². The van der Waals surface area contributed by atoms with Crippen LogP contribution in [0.5, 0.6) is 0 Å². The van der Waals surface area contributed by atoms with E-state index in [0.717, 1.165) is 0 Å². The van der Waals surface area contributed by atoms with Crippen molar-refractivity contribution in [3.8, 4) is 0 Å². The molecule has 0 aliphatic heterocycles. The molecule has 0 aromatic carbocycles. The second kappa shape index (κ2) is 16.2. The Balaban J connectivity index is 4.99. The average Bonchev–Trinajstić information content (AvgIpc) is 2.72. The van der Waals surface area contributed by atoms with Crippen LogP contribution in [0.3, 0.4) is 0 Å². The largest absolute Gasteiger partial charge is 0.480 e. The second-order valence-electron chi connectivity index (χ2n) is 7.25. The number of aliphatic carboxylic acids is 1. The molecule has 0 aromatic heterocycles. The fraction of sp³-hybridized carbons (Fsp3) is 0.667. The van der Waals surface area contributed by atoms with Crippen molar-refractivity contribution in [1.29, 1.82) is 0 Å². The van der Waals surface area contributed by atoms with Crippen molar-refractivity contribution in [3.63, 3.8) is 0 Å². The number of carbonyl (C=O) groups is 5. The number of aliphatic imine (C=N–C) groups is 1. The number of unbranched alkanes of at least 4 members (excludes halogenated alkanes) is 1. The van der Waals surface area contributed by atoms with E-state index in [1.807, 2.05) is 0 Å². The molecule has 0 heterocycles. The Hall–Kier alpha value is -3.46. The smallest absolute Gasteiger partial charge is 0.326 e. The van der Waals surface area contributed by atoms with E-state index in [4.69, 9.17) is 33.8 Å². The highest BCUT2D eigenvalue weighted by atomic mass is 16.4. The molecular formula is C18H35N9O6. The highest BCUT2D eigenvalue weighted by Gasteiger charge is 2.27. The lowest BCUT2D eigenvalue weighted by molar-refractivity contribution is -0.143. The summed E-state index contributed by atoms with van der Waals surface area (Å²) < 4.78 is 0. The minimum atomic E-state index is -1.57. The number of nitrogens with one attached hydrogen (secondary N) is 3. The zero-order valence-corrected chi connectivity index (χ0v) is 18.4. The Labute approximate surface area is 191 Å². The molecule has 33 heavy (non-hydrogen) atoms. The maximum atomic E-state index is 12.6. The van der Waals surface area contributed by atoms with E-state index >= 15 is 0 Å². The van der Waals surface area contributed by atoms with Crippen LogP contribution in [-0.2, 0) is 24.0 Å². The van der Waals surface area contributed by atoms with Crippen LogP contribution in [-0.4, -0.2) is 78.4 Å². The standard InChI is InChI=1S/C18H35N9O6/c19-6-2-1-4-10(20)15(30)25-9-14(29)26-11(5-3-7-24-18(22)23)16(31)27-12(17(32)33)8-13(21)28/h10-12H,1-9,19-20H2,(H2,21,28)(H,25,30)(H,26,29)(H,27,31)(H,32,33)(H4,22,23,24). The topological polar surface area (TPSA) is 284 Å². The zero-order valence-electron chi connectivity index (χ0n) is 18.4. The number of nitrogens with zero attached hydrogens (tertiary/aromatic N) is 1. The first kappa shape index (κ1) is 29.5. The summed E-state index contributed by atoms with van der Waals surface area (Å²) in [5, 5.41) is 16.1. The monoisotopic (exact) mass is 473 g/mol. The highest BCUT2D eigenvalue weighted by molar-refractivity contribution is 5.93. The molecular weight excluding hydrogens is 438 g/mol. The molecule has 0 spiro atoms. The first-order chi connectivity index (χ1) is 15.5. The molecule has 0 saturated carbocycles. The van der Waals surface area contributed by atoms with Crippen LogP contribution in [0, 0.1) is 0 Å². The Morgan fingerprint density at radius 2 is 1.55 bits per heavy atom. The van der Waals surface area contributed by atoms with Crippen molar-refractivity contribution in [2.24, 2.45) is 33.7 Å². The summed E-state index contributed by atoms with van der Waals surface area (Å²) in [6.07, 6.45) is 1.45. The lowest BCUT2D eigenvalue weighted by atomic mass is 10.1. The third-order valence-electron chi connectivity index (χ3n) is 4.35. The van der Waals surface area contributed by atoms with E-state index < -0.39 is 60.7 Å². The van der Waals surface area contributed by atoms with Crippen LogP contribution < -0.4 is 44.6 Å². The number of nitrogens with two attached hydrogens (primary N) is 5. The summed E-state index contributed by atoms with van der Waals surface area (Å²) in [7, 11) is 0. The lowest BCUT2D eigenvalue weighted by Gasteiger charge is -2.21. The predicted molar refractivity (Wildman–Crippen MR) is 119 cm³/mol. The third-order valence-corrected chi connectivity index (χ3v) is 4.35. The first-order valence-corrected chi connectivity index (χ1v) is 10.4. The fourth-order valence-corrected chi connectivity index (χ4v) is 2.63. The van der Waals surface area contributed by atoms with Crippen LogP contribution >= 0.6 is 0 Å². The minimum absolute atomic E-state index is 0.0454. The molecule has 3 unspecified atom stereocenters. The number of guanidine groups is 1. The van der Waals surface area contributed by atoms with Crippen molar-refractivity contribution in [2.45, 2.75) is 56.7 Å². The summed E-state index contributed by atoms with van der Waals surface area (Å²) in [6, 6.07) is -3.57. The first-order valence-electron chi connectivity index (χ1n) is 10.4. The van der Waals surface area contributed by atoms with Gasteiger partial charge in [0, 0.05) is 6.54 Å². The summed E-state index contributed by atoms with van der Waals surface area (Å²) in [5.41, 5.74) is 26.6. The lowest BCUT2D eigenvalue weighted by Crippen LogP contribution is -2.54. The molecule has 3 atom stereocenters. The highest BCUT2D eigenvalue weighted by Crippen LogP contribution is 2.02. The van der Waals surface area contributed by atoms with Crippen molar-refractivity contribution < 1.29 is 29.1 Å². The number of carboxylic acids is 1. The van der Waals surface area contributed by atoms with E-state index in [1.54, 1.807) is 0 Å². The van der Waals surface area contributed by atoms with Gasteiger partial charge in [-0.15, -0.1) is 0 Å². The summed E-state index contributed by atoms with van der Waals surface area (Å²) >= 11 is 0. The van der Waals surface area contributed by atoms with Crippen molar-refractivity contribution in [2.75, 3.05) is 19.6 Å². The quantitative estimate of drug-likeness (QED) is 0.0554. The normalized spacial score (nSPS) is 13.2. The third kappa shape index (κ3) is 14.3. The molecule has 15 nitrogen and oxygen atoms in total. The van der Waals surface area contributed by atoms with Gasteiger partial charge >= 0.3 is 5.97 Å². The molecule has 14 N–H and O–H groups in total. The molecule has 0 radical (unpaired) electrons. The van der Waals surface area contributed by atoms with Gasteiger partial charge in [0.15, 0.2) is 5.96 Å². The van der Waals surface area contributed by atoms with Crippen molar-refractivity contribution in [1.82, 2.24) is 16.0 Å². The number of rotatable bonds is 17. The minimum Gasteiger partial charge on any atom is -0.480 e. The Morgan fingerprint density at radius 3 is 2.09 bits per heavy atom. The average molecular weight is 474 g/mol. The van der Waals surface area contributed by atoms with Gasteiger partial charge in [-0.2, -0.15) is 0 Å². The van der Waals surface area contributed by atoms with E-state index in [-0.39, 0.29) is 25.3 Å². The summed E-state index contributed by atoms with van der Waals surface area (Å²) in [4.78, 5) is 62.9. The van der Waals surface area contributed by atoms with E-state index in [1.165, 1.54) is 0 Å². The van der Waals surface area contributed by atoms with Crippen LogP contribution in [0.1, 0.15) is 38.5 Å². The van der Waals surface area contributed by atoms with Gasteiger partial charge in [0.2, 0.25) is 23.6 Å². The molecule has 0 saturated heterocycles. The van der Waals surface area contributed by atoms with Gasteiger partial charge in [-0.25, -0.2) is 4.79 Å². The number of hydrogen-bond donors (Lipinski definition) is 9. The van der Waals surface area contributed by atoms with Gasteiger partial charge in [0.1, 0.15) is 12.1 Å². The maximum Gasteiger partial charge on any atom is 0.326 e. The van der Waals surface area contributed by atoms with Crippen molar-refractivity contribution in [3.05, 3.63) is 0 Å². The maximum absolute atomic E-state index is 12.6. The predicted octanol–water partition coefficient (Wildman–Crippen LogP) is -4.46. The Morgan fingerprint density at radius 1 is 0.879 bits per heavy atom. The molecule has 188 valence electrons. The van der Waals surface area contributed by atoms with Crippen molar-refractivity contribution >= 4 is 35.6 Å². The molecule has 0 aromatic rings. The van der Waals surface area contributed by atoms with Gasteiger partial charge in [0.25, 0.3) is 0 Å². The van der Waals surface area contributed by atoms with Gasteiger partial charge in [-0.05, 0) is 32.2 Å². The number of hydrogen-bond acceptors (Lipinski definition) is 8. The summed E-state index contributed by atoms with van der Waals surface area (Å²) in [6.45, 7) is 0.177. The molecule has 0 fully saturated rings. The molecule has 0 rings (SSSR count). The van der Waals surface area contributed by atoms with E-state index in [0.29, 0.717) is 25.8 Å². The van der Waals surface area contributed by atoms with Gasteiger partial charge in [-0.3, -0.25) is 24.2 Å². The van der Waals surface area contributed by atoms with Crippen LogP contribution in [0.2, 0.25) is 0 Å². The van der Waals surface area contributed by atoms with Gasteiger partial charge in [0.05, 0.1) is 19.0 Å². The van der Waals surface area contributed by atoms with E-state index in [9.17, 15) is 24.0 Å². The molecule has 0 aliphatic carbocycles. The molecule has 0 aliphatic rings. The summed E-state index contributed by atoms with van der Waals surface area (Å²) in [5.74, 6) is -4.65. The number of primary amides is 1. The number of carbonyl (C=O) groups excluding carboxylic acids is 4. The number of carboxylic acid groups (broad SMARTS) is 1. The van der Waals surface area contributed by atoms with Crippen LogP contribution in [0.25, 0.3) is 0 Å². The Bertz CT molecular complexity index is 712. The van der Waals surface area contributed by atoms with Gasteiger partial charge < -0.3 is 49.7 Å². The van der Waals surface area contributed by atoms with Gasteiger partial charge in [-0.1, -0.05) is 6.42 Å². The molecule has 4 amide bonds. The number of amides is 4. The molecule has 0 bridgehead atoms. The zero-order chi connectivity index (χ0) is 25.4. The van der Waals surface area contributed by atoms with E-state index in [2.05, 4.69) is 20.9 Å². The molecule has 15 heteroatoms. The second-order valence-corrected chi connectivity index (χ2v) is 7.25. The SMILES string of the molecule is NCCCCC(N)C(=O)NCC(=O)NC(CCCN=C(N)N)C(=O)NC(CC(N)=O)C(=O)O. The van der Waals surface area contributed by atoms with Crippen LogP contribution in [0.4, 0.5) is 0 Å². The Kier molecular flexibility index (Phi) is 14.5.